The predicted octanol–water partition coefficient (Wildman–Crippen LogP) is 17.0. The number of anilines is 3. The zero-order valence-electron chi connectivity index (χ0n) is 41.0. The summed E-state index contributed by atoms with van der Waals surface area (Å²) < 4.78 is 77.6. The molecular formula is C60H41N. The number of nitrogens with zero attached hydrogens (tertiary/aromatic N) is 1. The smallest absolute Gasteiger partial charge is 0.0645 e. The van der Waals surface area contributed by atoms with Gasteiger partial charge in [-0.15, -0.1) is 0 Å². The van der Waals surface area contributed by atoms with Gasteiger partial charge in [-0.05, 0) is 130 Å². The summed E-state index contributed by atoms with van der Waals surface area (Å²) in [5.41, 5.74) is 6.34. The lowest BCUT2D eigenvalue weighted by Crippen LogP contribution is -2.10. The third-order valence-corrected chi connectivity index (χ3v) is 11.4. The largest absolute Gasteiger partial charge is 0.310 e. The maximum absolute atomic E-state index is 9.82. The molecule has 0 heterocycles. The quantitative estimate of drug-likeness (QED) is 0.148. The zero-order valence-corrected chi connectivity index (χ0v) is 33.0. The van der Waals surface area contributed by atoms with Crippen molar-refractivity contribution in [1.29, 1.82) is 0 Å². The van der Waals surface area contributed by atoms with Crippen molar-refractivity contribution < 1.29 is 11.0 Å². The van der Waals surface area contributed by atoms with Crippen LogP contribution in [0.25, 0.3) is 88.0 Å². The van der Waals surface area contributed by atoms with E-state index in [0.29, 0.717) is 16.8 Å². The van der Waals surface area contributed by atoms with Crippen LogP contribution in [-0.4, -0.2) is 0 Å². The molecule has 61 heavy (non-hydrogen) atoms. The average Bonchev–Trinajstić information content (AvgIpc) is 3.39. The van der Waals surface area contributed by atoms with E-state index in [2.05, 4.69) is 24.3 Å². The molecule has 0 unspecified atom stereocenters. The van der Waals surface area contributed by atoms with Crippen LogP contribution in [0.3, 0.4) is 0 Å². The molecule has 0 radical (unpaired) electrons. The van der Waals surface area contributed by atoms with Gasteiger partial charge in [0.1, 0.15) is 0 Å². The lowest BCUT2D eigenvalue weighted by molar-refractivity contribution is 1.28. The summed E-state index contributed by atoms with van der Waals surface area (Å²) in [6, 6.07) is 61.6. The highest BCUT2D eigenvalue weighted by Crippen LogP contribution is 2.42. The Balaban J connectivity index is 1.12. The van der Waals surface area contributed by atoms with Crippen molar-refractivity contribution in [2.24, 2.45) is 0 Å². The molecular weight excluding hydrogens is 735 g/mol. The summed E-state index contributed by atoms with van der Waals surface area (Å²) in [6.07, 6.45) is 0. The molecule has 286 valence electrons. The van der Waals surface area contributed by atoms with E-state index >= 15 is 0 Å². The van der Waals surface area contributed by atoms with Crippen molar-refractivity contribution in [2.75, 3.05) is 4.90 Å². The van der Waals surface area contributed by atoms with Gasteiger partial charge in [-0.3, -0.25) is 0 Å². The molecule has 0 aliphatic heterocycles. The molecule has 0 saturated carbocycles. The van der Waals surface area contributed by atoms with Crippen LogP contribution in [0.5, 0.6) is 0 Å². The third-order valence-electron chi connectivity index (χ3n) is 11.4. The normalized spacial score (nSPS) is 13.1. The first kappa shape index (κ1) is 28.4. The van der Waals surface area contributed by atoms with Gasteiger partial charge >= 0.3 is 0 Å². The Morgan fingerprint density at radius 2 is 0.787 bits per heavy atom. The van der Waals surface area contributed by atoms with Crippen molar-refractivity contribution in [3.05, 3.63) is 249 Å². The second-order valence-corrected chi connectivity index (χ2v) is 15.1. The van der Waals surface area contributed by atoms with Crippen molar-refractivity contribution in [1.82, 2.24) is 0 Å². The van der Waals surface area contributed by atoms with Gasteiger partial charge in [0.2, 0.25) is 0 Å². The molecule has 11 rings (SSSR count). The molecule has 0 aliphatic carbocycles. The topological polar surface area (TPSA) is 3.24 Å². The highest BCUT2D eigenvalue weighted by Gasteiger charge is 2.17. The maximum atomic E-state index is 9.82. The first-order valence-electron chi connectivity index (χ1n) is 24.3. The van der Waals surface area contributed by atoms with E-state index in [4.69, 9.17) is 0 Å². The monoisotopic (exact) mass is 783 g/mol. The molecule has 11 aromatic carbocycles. The van der Waals surface area contributed by atoms with Gasteiger partial charge in [0.15, 0.2) is 0 Å². The highest BCUT2D eigenvalue weighted by atomic mass is 15.1. The summed E-state index contributed by atoms with van der Waals surface area (Å²) in [6.45, 7) is 0. The molecule has 0 spiro atoms. The first-order chi connectivity index (χ1) is 33.6. The van der Waals surface area contributed by atoms with Crippen LogP contribution in [0, 0.1) is 0 Å². The highest BCUT2D eigenvalue weighted by molar-refractivity contribution is 6.04. The Bertz CT molecular complexity index is 3770. The molecule has 0 atom stereocenters. The third kappa shape index (κ3) is 6.93. The Kier molecular flexibility index (Phi) is 7.29. The molecule has 0 fully saturated rings. The Labute approximate surface area is 368 Å². The molecule has 0 bridgehead atoms. The standard InChI is InChI=1S/C60H41N/c1-2-15-49(16-3-1)60-58-22-9-7-14-46(58)34-39-59(60)48-32-37-54(38-33-48)61(55-20-10-19-51(41-55)52-29-26-42-12-4-5-17-50(42)40-52)53-35-30-44(31-36-53)43-24-27-47(28-25-43)57-23-11-18-45-13-6-8-21-56(45)57/h1-41H/i30D,31D,32D,33D,35D,36D,37D,38D. The number of hydrogen-bond donors (Lipinski definition) is 0. The van der Waals surface area contributed by atoms with Crippen LogP contribution >= 0.6 is 0 Å². The first-order valence-corrected chi connectivity index (χ1v) is 20.3. The maximum Gasteiger partial charge on any atom is 0.0645 e. The number of benzene rings is 11. The van der Waals surface area contributed by atoms with Crippen LogP contribution in [0.1, 0.15) is 11.0 Å². The minimum absolute atomic E-state index is 0.0998. The summed E-state index contributed by atoms with van der Waals surface area (Å²) in [5, 5.41) is 6.12. The van der Waals surface area contributed by atoms with E-state index in [1.165, 1.54) is 4.90 Å². The van der Waals surface area contributed by atoms with E-state index in [9.17, 15) is 11.0 Å². The van der Waals surface area contributed by atoms with Crippen LogP contribution < -0.4 is 4.90 Å². The Morgan fingerprint density at radius 3 is 1.54 bits per heavy atom. The van der Waals surface area contributed by atoms with Crippen molar-refractivity contribution in [2.45, 2.75) is 0 Å². The second kappa shape index (κ2) is 15.6. The van der Waals surface area contributed by atoms with Crippen LogP contribution in [-0.2, 0) is 0 Å². The molecule has 1 heteroatoms. The number of fused-ring (bicyclic) bond motifs is 3. The number of hydrogen-bond acceptors (Lipinski definition) is 1. The summed E-state index contributed by atoms with van der Waals surface area (Å²) >= 11 is 0. The van der Waals surface area contributed by atoms with Gasteiger partial charge in [0, 0.05) is 17.1 Å². The molecule has 0 saturated heterocycles. The lowest BCUT2D eigenvalue weighted by atomic mass is 9.90. The molecule has 11 aromatic rings. The van der Waals surface area contributed by atoms with Gasteiger partial charge in [0.25, 0.3) is 0 Å². The van der Waals surface area contributed by atoms with Gasteiger partial charge in [-0.1, -0.05) is 206 Å². The van der Waals surface area contributed by atoms with E-state index < -0.39 is 24.2 Å². The Morgan fingerprint density at radius 1 is 0.262 bits per heavy atom. The summed E-state index contributed by atoms with van der Waals surface area (Å²) in [5.74, 6) is 0. The molecule has 0 aromatic heterocycles. The molecule has 0 aliphatic rings. The minimum Gasteiger partial charge on any atom is -0.310 e. The van der Waals surface area contributed by atoms with Gasteiger partial charge in [0.05, 0.1) is 11.0 Å². The molecule has 0 amide bonds. The SMILES string of the molecule is [2H]c1c([2H])c(N(c2cccc(-c3ccc4ccccc4c3)c2)c2c([2H])c([2H])c(-c3ccc4ccccc4c3-c3ccccc3)c([2H])c2[2H])c([2H])c([2H])c1-c1ccc(-c2cccc3ccccc23)cc1. The van der Waals surface area contributed by atoms with Gasteiger partial charge < -0.3 is 4.90 Å². The lowest BCUT2D eigenvalue weighted by Gasteiger charge is -2.26. The van der Waals surface area contributed by atoms with Gasteiger partial charge in [-0.25, -0.2) is 0 Å². The van der Waals surface area contributed by atoms with Gasteiger partial charge in [-0.2, -0.15) is 0 Å². The van der Waals surface area contributed by atoms with E-state index in [1.807, 2.05) is 164 Å². The predicted molar refractivity (Wildman–Crippen MR) is 261 cm³/mol. The van der Waals surface area contributed by atoms with Crippen molar-refractivity contribution >= 4 is 49.4 Å². The van der Waals surface area contributed by atoms with E-state index in [1.54, 1.807) is 12.1 Å². The number of rotatable bonds is 8. The van der Waals surface area contributed by atoms with Crippen molar-refractivity contribution in [3.63, 3.8) is 0 Å². The Hall–Kier alpha value is -8.00. The summed E-state index contributed by atoms with van der Waals surface area (Å²) in [4.78, 5) is 1.38. The molecule has 0 N–H and O–H groups in total. The second-order valence-electron chi connectivity index (χ2n) is 15.1. The molecule has 1 nitrogen and oxygen atoms in total. The van der Waals surface area contributed by atoms with E-state index in [0.717, 1.165) is 65.7 Å². The fourth-order valence-corrected chi connectivity index (χ4v) is 8.37. The average molecular weight is 784 g/mol. The summed E-state index contributed by atoms with van der Waals surface area (Å²) in [7, 11) is 0. The van der Waals surface area contributed by atoms with Crippen LogP contribution in [0.2, 0.25) is 0 Å². The van der Waals surface area contributed by atoms with Crippen LogP contribution in [0.15, 0.2) is 249 Å². The minimum atomic E-state index is -0.403. The van der Waals surface area contributed by atoms with Crippen molar-refractivity contribution in [3.8, 4) is 55.6 Å². The zero-order chi connectivity index (χ0) is 47.5. The van der Waals surface area contributed by atoms with E-state index in [-0.39, 0.29) is 46.7 Å². The fourth-order valence-electron chi connectivity index (χ4n) is 8.37. The van der Waals surface area contributed by atoms with Crippen LogP contribution in [0.4, 0.5) is 17.1 Å². The fraction of sp³-hybridized carbons (Fsp3) is 0.